The standard InChI is InChI=1S/C14H21NO/c1-3-14(2,10-16)15-13-8-11-6-4-5-7-12(11)9-13/h4-7,13,15-16H,3,8-10H2,1-2H3. The van der Waals surface area contributed by atoms with Crippen LogP contribution in [0, 0.1) is 0 Å². The predicted molar refractivity (Wildman–Crippen MR) is 66.6 cm³/mol. The molecule has 0 heterocycles. The predicted octanol–water partition coefficient (Wildman–Crippen LogP) is 1.90. The molecule has 0 bridgehead atoms. The van der Waals surface area contributed by atoms with Crippen molar-refractivity contribution in [1.29, 1.82) is 0 Å². The zero-order chi connectivity index (χ0) is 11.6. The molecule has 0 fully saturated rings. The van der Waals surface area contributed by atoms with Crippen molar-refractivity contribution in [1.82, 2.24) is 5.32 Å². The Balaban J connectivity index is 2.02. The Bertz CT molecular complexity index is 333. The molecule has 0 radical (unpaired) electrons. The molecule has 0 amide bonds. The van der Waals surface area contributed by atoms with Crippen LogP contribution in [0.3, 0.4) is 0 Å². The van der Waals surface area contributed by atoms with Crippen LogP contribution in [0.5, 0.6) is 0 Å². The van der Waals surface area contributed by atoms with Gasteiger partial charge in [0.05, 0.1) is 6.61 Å². The van der Waals surface area contributed by atoms with Crippen LogP contribution < -0.4 is 5.32 Å². The Kier molecular flexibility index (Phi) is 3.31. The summed E-state index contributed by atoms with van der Waals surface area (Å²) in [5.74, 6) is 0. The second kappa shape index (κ2) is 4.56. The molecule has 2 nitrogen and oxygen atoms in total. The van der Waals surface area contributed by atoms with Gasteiger partial charge in [0.25, 0.3) is 0 Å². The van der Waals surface area contributed by atoms with E-state index in [1.807, 2.05) is 0 Å². The molecule has 0 spiro atoms. The van der Waals surface area contributed by atoms with Crippen LogP contribution in [0.2, 0.25) is 0 Å². The molecular formula is C14H21NO. The second-order valence-corrected chi connectivity index (χ2v) is 5.09. The molecule has 2 heteroatoms. The first kappa shape index (κ1) is 11.6. The fraction of sp³-hybridized carbons (Fsp3) is 0.571. The molecular weight excluding hydrogens is 198 g/mol. The lowest BCUT2D eigenvalue weighted by Gasteiger charge is -2.31. The molecule has 1 atom stereocenters. The number of benzene rings is 1. The summed E-state index contributed by atoms with van der Waals surface area (Å²) >= 11 is 0. The van der Waals surface area contributed by atoms with Crippen molar-refractivity contribution in [2.45, 2.75) is 44.7 Å². The van der Waals surface area contributed by atoms with Gasteiger partial charge in [-0.2, -0.15) is 0 Å². The van der Waals surface area contributed by atoms with E-state index in [-0.39, 0.29) is 12.1 Å². The number of hydrogen-bond donors (Lipinski definition) is 2. The maximum absolute atomic E-state index is 9.40. The summed E-state index contributed by atoms with van der Waals surface area (Å²) in [7, 11) is 0. The van der Waals surface area contributed by atoms with Gasteiger partial charge >= 0.3 is 0 Å². The van der Waals surface area contributed by atoms with Crippen molar-refractivity contribution >= 4 is 0 Å². The molecule has 1 aromatic rings. The molecule has 0 saturated heterocycles. The van der Waals surface area contributed by atoms with Crippen molar-refractivity contribution in [3.8, 4) is 0 Å². The first-order valence-corrected chi connectivity index (χ1v) is 6.12. The van der Waals surface area contributed by atoms with Gasteiger partial charge in [0, 0.05) is 11.6 Å². The average Bonchev–Trinajstić information content (AvgIpc) is 2.70. The summed E-state index contributed by atoms with van der Waals surface area (Å²) in [6.45, 7) is 4.41. The van der Waals surface area contributed by atoms with Gasteiger partial charge in [0.2, 0.25) is 0 Å². The first-order valence-electron chi connectivity index (χ1n) is 6.12. The zero-order valence-electron chi connectivity index (χ0n) is 10.2. The highest BCUT2D eigenvalue weighted by molar-refractivity contribution is 5.33. The molecule has 0 aromatic heterocycles. The monoisotopic (exact) mass is 219 g/mol. The van der Waals surface area contributed by atoms with E-state index in [4.69, 9.17) is 0 Å². The molecule has 16 heavy (non-hydrogen) atoms. The summed E-state index contributed by atoms with van der Waals surface area (Å²) in [4.78, 5) is 0. The van der Waals surface area contributed by atoms with E-state index in [1.165, 1.54) is 11.1 Å². The Labute approximate surface area is 97.7 Å². The normalized spacial score (nSPS) is 19.4. The van der Waals surface area contributed by atoms with Crippen LogP contribution in [-0.4, -0.2) is 23.3 Å². The lowest BCUT2D eigenvalue weighted by Crippen LogP contribution is -2.50. The third kappa shape index (κ3) is 2.28. The minimum absolute atomic E-state index is 0.132. The fourth-order valence-electron chi connectivity index (χ4n) is 2.41. The topological polar surface area (TPSA) is 32.3 Å². The highest BCUT2D eigenvalue weighted by Gasteiger charge is 2.28. The summed E-state index contributed by atoms with van der Waals surface area (Å²) in [5.41, 5.74) is 2.78. The largest absolute Gasteiger partial charge is 0.394 e. The van der Waals surface area contributed by atoms with Gasteiger partial charge < -0.3 is 10.4 Å². The van der Waals surface area contributed by atoms with Gasteiger partial charge in [-0.25, -0.2) is 0 Å². The first-order chi connectivity index (χ1) is 7.67. The molecule has 88 valence electrons. The van der Waals surface area contributed by atoms with E-state index >= 15 is 0 Å². The van der Waals surface area contributed by atoms with Crippen molar-refractivity contribution in [3.63, 3.8) is 0 Å². The SMILES string of the molecule is CCC(C)(CO)NC1Cc2ccccc2C1. The van der Waals surface area contributed by atoms with Gasteiger partial charge in [-0.05, 0) is 37.3 Å². The highest BCUT2D eigenvalue weighted by atomic mass is 16.3. The third-order valence-electron chi connectivity index (χ3n) is 3.73. The van der Waals surface area contributed by atoms with Crippen molar-refractivity contribution in [3.05, 3.63) is 35.4 Å². The van der Waals surface area contributed by atoms with Gasteiger partial charge in [-0.3, -0.25) is 0 Å². The fourth-order valence-corrected chi connectivity index (χ4v) is 2.41. The van der Waals surface area contributed by atoms with E-state index in [0.717, 1.165) is 19.3 Å². The van der Waals surface area contributed by atoms with Crippen molar-refractivity contribution in [2.24, 2.45) is 0 Å². The Hall–Kier alpha value is -0.860. The lowest BCUT2D eigenvalue weighted by molar-refractivity contribution is 0.157. The quantitative estimate of drug-likeness (QED) is 0.810. The van der Waals surface area contributed by atoms with Crippen molar-refractivity contribution in [2.75, 3.05) is 6.61 Å². The number of aliphatic hydroxyl groups excluding tert-OH is 1. The molecule has 1 unspecified atom stereocenters. The minimum Gasteiger partial charge on any atom is -0.394 e. The molecule has 2 N–H and O–H groups in total. The van der Waals surface area contributed by atoms with Crippen LogP contribution in [0.25, 0.3) is 0 Å². The number of aliphatic hydroxyl groups is 1. The Morgan fingerprint density at radius 3 is 2.31 bits per heavy atom. The smallest absolute Gasteiger partial charge is 0.0610 e. The van der Waals surface area contributed by atoms with Gasteiger partial charge in [-0.15, -0.1) is 0 Å². The van der Waals surface area contributed by atoms with Gasteiger partial charge in [0.15, 0.2) is 0 Å². The summed E-state index contributed by atoms with van der Waals surface area (Å²) in [6, 6.07) is 9.10. The van der Waals surface area contributed by atoms with E-state index in [0.29, 0.717) is 6.04 Å². The summed E-state index contributed by atoms with van der Waals surface area (Å²) in [6.07, 6.45) is 3.13. The van der Waals surface area contributed by atoms with Crippen molar-refractivity contribution < 1.29 is 5.11 Å². The van der Waals surface area contributed by atoms with Gasteiger partial charge in [-0.1, -0.05) is 31.2 Å². The molecule has 1 aliphatic carbocycles. The molecule has 0 aliphatic heterocycles. The van der Waals surface area contributed by atoms with Crippen LogP contribution >= 0.6 is 0 Å². The zero-order valence-corrected chi connectivity index (χ0v) is 10.2. The van der Waals surface area contributed by atoms with E-state index in [2.05, 4.69) is 43.4 Å². The Morgan fingerprint density at radius 2 is 1.88 bits per heavy atom. The number of fused-ring (bicyclic) bond motifs is 1. The number of nitrogens with one attached hydrogen (secondary N) is 1. The maximum atomic E-state index is 9.40. The summed E-state index contributed by atoms with van der Waals surface area (Å²) < 4.78 is 0. The highest BCUT2D eigenvalue weighted by Crippen LogP contribution is 2.23. The number of hydrogen-bond acceptors (Lipinski definition) is 2. The molecule has 0 saturated carbocycles. The molecule has 2 rings (SSSR count). The number of rotatable bonds is 4. The maximum Gasteiger partial charge on any atom is 0.0610 e. The van der Waals surface area contributed by atoms with Crippen LogP contribution in [0.15, 0.2) is 24.3 Å². The lowest BCUT2D eigenvalue weighted by atomic mass is 9.98. The summed E-state index contributed by atoms with van der Waals surface area (Å²) in [5, 5.41) is 13.0. The van der Waals surface area contributed by atoms with Crippen LogP contribution in [0.4, 0.5) is 0 Å². The Morgan fingerprint density at radius 1 is 1.31 bits per heavy atom. The van der Waals surface area contributed by atoms with Crippen LogP contribution in [0.1, 0.15) is 31.4 Å². The van der Waals surface area contributed by atoms with E-state index in [1.54, 1.807) is 0 Å². The van der Waals surface area contributed by atoms with E-state index in [9.17, 15) is 5.11 Å². The molecule has 1 aromatic carbocycles. The minimum atomic E-state index is -0.132. The van der Waals surface area contributed by atoms with Gasteiger partial charge in [0.1, 0.15) is 0 Å². The molecule has 1 aliphatic rings. The second-order valence-electron chi connectivity index (χ2n) is 5.09. The van der Waals surface area contributed by atoms with Crippen LogP contribution in [-0.2, 0) is 12.8 Å². The third-order valence-corrected chi connectivity index (χ3v) is 3.73. The average molecular weight is 219 g/mol. The van der Waals surface area contributed by atoms with E-state index < -0.39 is 0 Å².